The van der Waals surface area contributed by atoms with Crippen molar-refractivity contribution in [3.8, 4) is 11.8 Å². The van der Waals surface area contributed by atoms with Crippen LogP contribution in [0.2, 0.25) is 0 Å². The van der Waals surface area contributed by atoms with Crippen molar-refractivity contribution in [2.45, 2.75) is 12.7 Å². The molecule has 1 aliphatic rings. The van der Waals surface area contributed by atoms with Crippen molar-refractivity contribution in [3.05, 3.63) is 83.4 Å². The topological polar surface area (TPSA) is 61.6 Å². The Balaban J connectivity index is 1.35. The van der Waals surface area contributed by atoms with Crippen molar-refractivity contribution in [2.75, 3.05) is 38.5 Å². The number of anilines is 2. The first-order chi connectivity index (χ1) is 17.3. The fourth-order valence-electron chi connectivity index (χ4n) is 4.08. The summed E-state index contributed by atoms with van der Waals surface area (Å²) in [4.78, 5) is 12.7. The van der Waals surface area contributed by atoms with Gasteiger partial charge in [-0.25, -0.2) is 14.5 Å². The standard InChI is InChI=1S/C26H24F3N7/c1-34-11-13-35(14-12-34)18-20-5-6-21(16-23(20)26(27,28)29)33-24-15-19(8-10-30-24)4-7-22-17-31-25-3-2-9-32-36(22)25/h2-3,5-6,8-10,15-17H,11-14,18H2,1H3,(H,30,33). The molecule has 0 saturated carbocycles. The number of nitrogens with one attached hydrogen (secondary N) is 1. The van der Waals surface area contributed by atoms with E-state index in [-0.39, 0.29) is 12.1 Å². The second kappa shape index (κ2) is 9.97. The largest absolute Gasteiger partial charge is 0.416 e. The Morgan fingerprint density at radius 1 is 0.972 bits per heavy atom. The van der Waals surface area contributed by atoms with E-state index >= 15 is 0 Å². The SMILES string of the molecule is CN1CCN(Cc2ccc(Nc3cc(C#Cc4cnc5cccnn45)ccn3)cc2C(F)(F)F)CC1. The van der Waals surface area contributed by atoms with Gasteiger partial charge in [-0.05, 0) is 54.9 Å². The lowest BCUT2D eigenvalue weighted by molar-refractivity contribution is -0.138. The highest BCUT2D eigenvalue weighted by Gasteiger charge is 2.34. The van der Waals surface area contributed by atoms with E-state index in [0.29, 0.717) is 28.4 Å². The maximum Gasteiger partial charge on any atom is 0.416 e. The number of hydrogen-bond donors (Lipinski definition) is 1. The number of likely N-dealkylation sites (N-methyl/N-ethyl adjacent to an activating group) is 1. The minimum Gasteiger partial charge on any atom is -0.340 e. The van der Waals surface area contributed by atoms with Crippen molar-refractivity contribution >= 4 is 17.2 Å². The van der Waals surface area contributed by atoms with Crippen LogP contribution in [-0.4, -0.2) is 62.6 Å². The van der Waals surface area contributed by atoms with Crippen LogP contribution in [0, 0.1) is 11.8 Å². The molecule has 7 nitrogen and oxygen atoms in total. The number of piperazine rings is 1. The number of fused-ring (bicyclic) bond motifs is 1. The van der Waals surface area contributed by atoms with E-state index in [0.717, 1.165) is 32.2 Å². The van der Waals surface area contributed by atoms with Crippen LogP contribution in [0.4, 0.5) is 24.7 Å². The number of nitrogens with zero attached hydrogens (tertiary/aromatic N) is 6. The van der Waals surface area contributed by atoms with Crippen molar-refractivity contribution in [2.24, 2.45) is 0 Å². The molecule has 1 saturated heterocycles. The van der Waals surface area contributed by atoms with Crippen LogP contribution in [0.3, 0.4) is 0 Å². The zero-order chi connectivity index (χ0) is 25.1. The zero-order valence-corrected chi connectivity index (χ0v) is 19.6. The summed E-state index contributed by atoms with van der Waals surface area (Å²) in [6.07, 6.45) is 0.395. The lowest BCUT2D eigenvalue weighted by Crippen LogP contribution is -2.44. The molecule has 1 N–H and O–H groups in total. The molecule has 3 aromatic heterocycles. The number of aromatic nitrogens is 4. The highest BCUT2D eigenvalue weighted by atomic mass is 19.4. The first-order valence-corrected chi connectivity index (χ1v) is 11.5. The van der Waals surface area contributed by atoms with E-state index in [2.05, 4.69) is 42.0 Å². The quantitative estimate of drug-likeness (QED) is 0.435. The molecule has 0 atom stereocenters. The van der Waals surface area contributed by atoms with Gasteiger partial charge in [0, 0.05) is 56.4 Å². The maximum atomic E-state index is 13.9. The Labute approximate surface area is 206 Å². The van der Waals surface area contributed by atoms with Gasteiger partial charge in [0.25, 0.3) is 0 Å². The molecule has 1 aliphatic heterocycles. The first kappa shape index (κ1) is 23.8. The van der Waals surface area contributed by atoms with Gasteiger partial charge in [-0.3, -0.25) is 4.90 Å². The van der Waals surface area contributed by atoms with Crippen LogP contribution in [-0.2, 0) is 12.7 Å². The fourth-order valence-corrected chi connectivity index (χ4v) is 4.08. The minimum absolute atomic E-state index is 0.268. The number of alkyl halides is 3. The highest BCUT2D eigenvalue weighted by molar-refractivity contribution is 5.60. The van der Waals surface area contributed by atoms with E-state index in [1.54, 1.807) is 53.4 Å². The molecule has 0 aliphatic carbocycles. The van der Waals surface area contributed by atoms with Crippen LogP contribution in [0.15, 0.2) is 61.1 Å². The molecule has 1 fully saturated rings. The molecule has 0 radical (unpaired) electrons. The number of benzene rings is 1. The van der Waals surface area contributed by atoms with Gasteiger partial charge in [0.2, 0.25) is 0 Å². The van der Waals surface area contributed by atoms with Crippen LogP contribution in [0.5, 0.6) is 0 Å². The molecule has 184 valence electrons. The second-order valence-corrected chi connectivity index (χ2v) is 8.69. The average Bonchev–Trinajstić information content (AvgIpc) is 3.28. The molecule has 0 bridgehead atoms. The third kappa shape index (κ3) is 5.48. The number of halogens is 3. The summed E-state index contributed by atoms with van der Waals surface area (Å²) in [7, 11) is 2.02. The van der Waals surface area contributed by atoms with E-state index in [4.69, 9.17) is 0 Å². The molecule has 0 amide bonds. The molecule has 1 aromatic carbocycles. The number of imidazole rings is 1. The summed E-state index contributed by atoms with van der Waals surface area (Å²) in [5.41, 5.74) is 1.92. The molecular weight excluding hydrogens is 467 g/mol. The Bertz CT molecular complexity index is 1430. The van der Waals surface area contributed by atoms with Gasteiger partial charge >= 0.3 is 6.18 Å². The van der Waals surface area contributed by atoms with Gasteiger partial charge < -0.3 is 10.2 Å². The average molecular weight is 492 g/mol. The molecule has 0 unspecified atom stereocenters. The third-order valence-electron chi connectivity index (χ3n) is 6.05. The second-order valence-electron chi connectivity index (χ2n) is 8.69. The summed E-state index contributed by atoms with van der Waals surface area (Å²) >= 11 is 0. The molecule has 0 spiro atoms. The Hall–Kier alpha value is -3.94. The van der Waals surface area contributed by atoms with Gasteiger partial charge in [0.15, 0.2) is 5.65 Å². The van der Waals surface area contributed by atoms with Crippen LogP contribution < -0.4 is 5.32 Å². The summed E-state index contributed by atoms with van der Waals surface area (Å²) in [6, 6.07) is 11.4. The van der Waals surface area contributed by atoms with Gasteiger partial charge in [-0.15, -0.1) is 0 Å². The Morgan fingerprint density at radius 3 is 2.61 bits per heavy atom. The van der Waals surface area contributed by atoms with Crippen LogP contribution in [0.1, 0.15) is 22.4 Å². The van der Waals surface area contributed by atoms with Crippen LogP contribution in [0.25, 0.3) is 5.65 Å². The number of hydrogen-bond acceptors (Lipinski definition) is 6. The minimum atomic E-state index is -4.46. The van der Waals surface area contributed by atoms with Gasteiger partial charge in [-0.1, -0.05) is 12.0 Å². The predicted molar refractivity (Wildman–Crippen MR) is 131 cm³/mol. The predicted octanol–water partition coefficient (Wildman–Crippen LogP) is 4.03. The summed E-state index contributed by atoms with van der Waals surface area (Å²) in [6.45, 7) is 3.46. The van der Waals surface area contributed by atoms with Crippen molar-refractivity contribution < 1.29 is 13.2 Å². The van der Waals surface area contributed by atoms with E-state index in [1.165, 1.54) is 0 Å². The normalized spacial score (nSPS) is 15.0. The number of rotatable bonds is 4. The molecular formula is C26H24F3N7. The van der Waals surface area contributed by atoms with E-state index in [9.17, 15) is 13.2 Å². The first-order valence-electron chi connectivity index (χ1n) is 11.5. The van der Waals surface area contributed by atoms with Gasteiger partial charge in [0.1, 0.15) is 11.5 Å². The lowest BCUT2D eigenvalue weighted by atomic mass is 10.0. The summed E-state index contributed by atoms with van der Waals surface area (Å²) in [5.74, 6) is 6.47. The molecule has 10 heteroatoms. The lowest BCUT2D eigenvalue weighted by Gasteiger charge is -2.33. The van der Waals surface area contributed by atoms with E-state index < -0.39 is 11.7 Å². The molecule has 5 rings (SSSR count). The third-order valence-corrected chi connectivity index (χ3v) is 6.05. The maximum absolute atomic E-state index is 13.9. The highest BCUT2D eigenvalue weighted by Crippen LogP contribution is 2.35. The number of pyridine rings is 1. The van der Waals surface area contributed by atoms with Crippen molar-refractivity contribution in [3.63, 3.8) is 0 Å². The monoisotopic (exact) mass is 491 g/mol. The van der Waals surface area contributed by atoms with Gasteiger partial charge in [0.05, 0.1) is 11.8 Å². The Morgan fingerprint density at radius 2 is 1.81 bits per heavy atom. The summed E-state index contributed by atoms with van der Waals surface area (Å²) in [5, 5.41) is 7.22. The summed E-state index contributed by atoms with van der Waals surface area (Å²) < 4.78 is 43.3. The molecule has 4 aromatic rings. The zero-order valence-electron chi connectivity index (χ0n) is 19.6. The van der Waals surface area contributed by atoms with E-state index in [1.807, 2.05) is 13.1 Å². The Kier molecular flexibility index (Phi) is 6.59. The van der Waals surface area contributed by atoms with Gasteiger partial charge in [-0.2, -0.15) is 18.3 Å². The smallest absolute Gasteiger partial charge is 0.340 e. The van der Waals surface area contributed by atoms with Crippen LogP contribution >= 0.6 is 0 Å². The fraction of sp³-hybridized carbons (Fsp3) is 0.269. The molecule has 4 heterocycles. The van der Waals surface area contributed by atoms with Crippen molar-refractivity contribution in [1.82, 2.24) is 29.4 Å². The van der Waals surface area contributed by atoms with Crippen molar-refractivity contribution in [1.29, 1.82) is 0 Å². The molecule has 36 heavy (non-hydrogen) atoms.